The highest BCUT2D eigenvalue weighted by Crippen LogP contribution is 2.25. The zero-order valence-corrected chi connectivity index (χ0v) is 17.6. The van der Waals surface area contributed by atoms with Crippen LogP contribution in [0.5, 0.6) is 0 Å². The molecule has 2 fully saturated rings. The lowest BCUT2D eigenvalue weighted by Crippen LogP contribution is -2.44. The first kappa shape index (κ1) is 21.6. The van der Waals surface area contributed by atoms with Crippen LogP contribution in [0.25, 0.3) is 11.0 Å². The predicted octanol–water partition coefficient (Wildman–Crippen LogP) is 2.06. The Morgan fingerprint density at radius 3 is 2.55 bits per heavy atom. The lowest BCUT2D eigenvalue weighted by molar-refractivity contribution is -0.135. The van der Waals surface area contributed by atoms with Crippen LogP contribution >= 0.6 is 12.4 Å². The summed E-state index contributed by atoms with van der Waals surface area (Å²) >= 11 is 0. The van der Waals surface area contributed by atoms with Crippen LogP contribution in [0.1, 0.15) is 50.1 Å². The molecule has 4 rings (SSSR count). The molecule has 3 heterocycles. The first-order valence-corrected chi connectivity index (χ1v) is 10.3. The van der Waals surface area contributed by atoms with Crippen molar-refractivity contribution in [3.63, 3.8) is 0 Å². The Hall–Kier alpha value is -2.12. The molecule has 1 unspecified atom stereocenters. The number of rotatable bonds is 5. The molecular weight excluding hydrogens is 392 g/mol. The Morgan fingerprint density at radius 1 is 1.07 bits per heavy atom. The molecule has 2 amide bonds. The van der Waals surface area contributed by atoms with Gasteiger partial charge in [0, 0.05) is 13.5 Å². The Kier molecular flexibility index (Phi) is 6.80. The highest BCUT2D eigenvalue weighted by atomic mass is 35.5. The van der Waals surface area contributed by atoms with E-state index in [1.165, 1.54) is 29.4 Å². The summed E-state index contributed by atoms with van der Waals surface area (Å²) in [5.74, 6) is 0.158. The average Bonchev–Trinajstić information content (AvgIpc) is 2.94. The number of amides is 2. The zero-order valence-electron chi connectivity index (χ0n) is 16.8. The van der Waals surface area contributed by atoms with Gasteiger partial charge in [0.1, 0.15) is 6.04 Å². The highest BCUT2D eigenvalue weighted by Gasteiger charge is 2.31. The first-order chi connectivity index (χ1) is 13.5. The number of hydrogen-bond acceptors (Lipinski definition) is 4. The summed E-state index contributed by atoms with van der Waals surface area (Å²) in [4.78, 5) is 36.5. The summed E-state index contributed by atoms with van der Waals surface area (Å²) in [6.07, 6.45) is 6.55. The third-order valence-corrected chi connectivity index (χ3v) is 6.21. The van der Waals surface area contributed by atoms with Crippen LogP contribution in [0.2, 0.25) is 0 Å². The van der Waals surface area contributed by atoms with Gasteiger partial charge in [-0.05, 0) is 68.8 Å². The number of carbonyl (C=O) groups is 2. The fourth-order valence-corrected chi connectivity index (χ4v) is 4.56. The molecule has 1 atom stereocenters. The van der Waals surface area contributed by atoms with Crippen LogP contribution in [0, 0.1) is 5.92 Å². The molecule has 29 heavy (non-hydrogen) atoms. The number of piperidine rings is 2. The largest absolute Gasteiger partial charge is 0.329 e. The second kappa shape index (κ2) is 9.13. The van der Waals surface area contributed by atoms with Crippen LogP contribution in [-0.2, 0) is 23.1 Å². The van der Waals surface area contributed by atoms with Crippen LogP contribution in [0.3, 0.4) is 0 Å². The average molecular weight is 421 g/mol. The molecule has 0 bridgehead atoms. The molecule has 1 aromatic heterocycles. The van der Waals surface area contributed by atoms with Crippen molar-refractivity contribution >= 4 is 35.3 Å². The molecule has 2 aliphatic rings. The Bertz CT molecular complexity index is 959. The highest BCUT2D eigenvalue weighted by molar-refractivity contribution is 6.00. The third kappa shape index (κ3) is 4.41. The smallest absolute Gasteiger partial charge is 0.317 e. The lowest BCUT2D eigenvalue weighted by atomic mass is 9.91. The van der Waals surface area contributed by atoms with Crippen LogP contribution < -0.4 is 16.3 Å². The molecule has 0 radical (unpaired) electrons. The fourth-order valence-electron chi connectivity index (χ4n) is 4.56. The van der Waals surface area contributed by atoms with E-state index in [2.05, 4.69) is 22.8 Å². The van der Waals surface area contributed by atoms with E-state index >= 15 is 0 Å². The Labute approximate surface area is 176 Å². The molecule has 7 nitrogen and oxygen atoms in total. The number of benzene rings is 1. The van der Waals surface area contributed by atoms with Crippen LogP contribution in [0.4, 0.5) is 0 Å². The minimum atomic E-state index is -0.625. The Morgan fingerprint density at radius 2 is 1.83 bits per heavy atom. The molecule has 2 N–H and O–H groups in total. The van der Waals surface area contributed by atoms with E-state index < -0.39 is 11.9 Å². The van der Waals surface area contributed by atoms with Gasteiger partial charge in [0.2, 0.25) is 11.8 Å². The number of aryl methyl sites for hydroxylation is 2. The van der Waals surface area contributed by atoms with Crippen molar-refractivity contribution in [3.8, 4) is 0 Å². The minimum Gasteiger partial charge on any atom is -0.317 e. The molecule has 0 spiro atoms. The van der Waals surface area contributed by atoms with Gasteiger partial charge in [-0.15, -0.1) is 12.4 Å². The maximum atomic E-state index is 12.8. The molecule has 0 aliphatic carbocycles. The summed E-state index contributed by atoms with van der Waals surface area (Å²) in [5.41, 5.74) is 2.60. The van der Waals surface area contributed by atoms with Gasteiger partial charge in [0.25, 0.3) is 0 Å². The molecule has 158 valence electrons. The second-order valence-corrected chi connectivity index (χ2v) is 8.09. The number of nitrogens with one attached hydrogen (secondary N) is 2. The van der Waals surface area contributed by atoms with Gasteiger partial charge in [-0.1, -0.05) is 12.5 Å². The van der Waals surface area contributed by atoms with Crippen molar-refractivity contribution in [2.24, 2.45) is 13.0 Å². The number of hydrogen-bond donors (Lipinski definition) is 2. The molecule has 8 heteroatoms. The molecule has 2 aromatic rings. The number of carbonyl (C=O) groups excluding carboxylic acids is 2. The van der Waals surface area contributed by atoms with E-state index in [1.807, 2.05) is 6.07 Å². The molecule has 2 aliphatic heterocycles. The van der Waals surface area contributed by atoms with E-state index in [1.54, 1.807) is 11.6 Å². The van der Waals surface area contributed by atoms with Gasteiger partial charge < -0.3 is 5.32 Å². The van der Waals surface area contributed by atoms with Crippen molar-refractivity contribution in [1.82, 2.24) is 19.8 Å². The number of fused-ring (bicyclic) bond motifs is 1. The third-order valence-electron chi connectivity index (χ3n) is 6.21. The van der Waals surface area contributed by atoms with Crippen molar-refractivity contribution < 1.29 is 9.59 Å². The molecule has 0 saturated carbocycles. The monoisotopic (exact) mass is 420 g/mol. The maximum Gasteiger partial charge on any atom is 0.329 e. The molecule has 2 saturated heterocycles. The van der Waals surface area contributed by atoms with E-state index in [9.17, 15) is 14.4 Å². The van der Waals surface area contributed by atoms with Gasteiger partial charge in [-0.3, -0.25) is 24.0 Å². The predicted molar refractivity (Wildman–Crippen MR) is 114 cm³/mol. The van der Waals surface area contributed by atoms with Gasteiger partial charge in [-0.2, -0.15) is 0 Å². The zero-order chi connectivity index (χ0) is 19.7. The SMILES string of the molecule is Cl.Cn1c(=O)n(C2CCC(=O)NC2=O)c2ccc(CCCC3CCNCC3)cc21. The van der Waals surface area contributed by atoms with Crippen molar-refractivity contribution in [1.29, 1.82) is 0 Å². The number of halogens is 1. The van der Waals surface area contributed by atoms with E-state index in [-0.39, 0.29) is 30.4 Å². The van der Waals surface area contributed by atoms with Gasteiger partial charge in [0.15, 0.2) is 0 Å². The quantitative estimate of drug-likeness (QED) is 0.725. The van der Waals surface area contributed by atoms with E-state index in [4.69, 9.17) is 0 Å². The maximum absolute atomic E-state index is 12.8. The minimum absolute atomic E-state index is 0. The number of imidazole rings is 1. The van der Waals surface area contributed by atoms with Crippen molar-refractivity contribution in [3.05, 3.63) is 34.2 Å². The van der Waals surface area contributed by atoms with Gasteiger partial charge >= 0.3 is 5.69 Å². The summed E-state index contributed by atoms with van der Waals surface area (Å²) in [7, 11) is 1.74. The first-order valence-electron chi connectivity index (χ1n) is 10.3. The van der Waals surface area contributed by atoms with E-state index in [0.29, 0.717) is 6.42 Å². The lowest BCUT2D eigenvalue weighted by Gasteiger charge is -2.22. The number of imide groups is 1. The standard InChI is InChI=1S/C21H28N4O3.ClH/c1-24-18-13-15(4-2-3-14-9-11-22-12-10-14)5-6-16(18)25(21(24)28)17-7-8-19(26)23-20(17)27;/h5-6,13-14,17,22H,2-4,7-12H2,1H3,(H,23,26,27);1H. The van der Waals surface area contributed by atoms with Crippen molar-refractivity contribution in [2.45, 2.75) is 51.0 Å². The van der Waals surface area contributed by atoms with Crippen molar-refractivity contribution in [2.75, 3.05) is 13.1 Å². The van der Waals surface area contributed by atoms with Crippen LogP contribution in [0.15, 0.2) is 23.0 Å². The normalized spacial score (nSPS) is 20.5. The molecule has 1 aromatic carbocycles. The molecular formula is C21H29ClN4O3. The Balaban J connectivity index is 0.00000240. The van der Waals surface area contributed by atoms with E-state index in [0.717, 1.165) is 42.9 Å². The van der Waals surface area contributed by atoms with Gasteiger partial charge in [0.05, 0.1) is 11.0 Å². The second-order valence-electron chi connectivity index (χ2n) is 8.09. The van der Waals surface area contributed by atoms with Crippen LogP contribution in [-0.4, -0.2) is 34.0 Å². The number of nitrogens with zero attached hydrogens (tertiary/aromatic N) is 2. The topological polar surface area (TPSA) is 85.1 Å². The summed E-state index contributed by atoms with van der Waals surface area (Å²) in [6.45, 7) is 2.26. The fraction of sp³-hybridized carbons (Fsp3) is 0.571. The van der Waals surface area contributed by atoms with Gasteiger partial charge in [-0.25, -0.2) is 4.79 Å². The summed E-state index contributed by atoms with van der Waals surface area (Å²) in [6, 6.07) is 5.45. The summed E-state index contributed by atoms with van der Waals surface area (Å²) in [5, 5.41) is 5.76. The number of aromatic nitrogens is 2. The summed E-state index contributed by atoms with van der Waals surface area (Å²) < 4.78 is 3.14.